The number of methoxy groups -OCH3 is 1. The maximum Gasteiger partial charge on any atom is 0.502 e. The van der Waals surface area contributed by atoms with E-state index >= 15 is 0 Å². The van der Waals surface area contributed by atoms with Crippen molar-refractivity contribution in [1.29, 1.82) is 0 Å². The fourth-order valence-electron chi connectivity index (χ4n) is 2.81. The van der Waals surface area contributed by atoms with Gasteiger partial charge < -0.3 is 18.8 Å². The zero-order valence-electron chi connectivity index (χ0n) is 16.6. The molecule has 1 aromatic heterocycles. The molecule has 0 aliphatic carbocycles. The molecule has 7 heteroatoms. The molecule has 1 fully saturated rings. The van der Waals surface area contributed by atoms with Gasteiger partial charge in [0.15, 0.2) is 0 Å². The molecule has 2 aromatic rings. The Morgan fingerprint density at radius 1 is 1.08 bits per heavy atom. The predicted molar refractivity (Wildman–Crippen MR) is 101 cm³/mol. The molecule has 1 aromatic carbocycles. The van der Waals surface area contributed by atoms with Crippen LogP contribution in [0, 0.1) is 6.92 Å². The second-order valence-corrected chi connectivity index (χ2v) is 7.65. The number of ether oxygens (including phenoxy) is 2. The largest absolute Gasteiger partial charge is 0.502 e. The van der Waals surface area contributed by atoms with E-state index in [2.05, 4.69) is 5.10 Å². The van der Waals surface area contributed by atoms with Gasteiger partial charge in [-0.25, -0.2) is 0 Å². The Hall–Kier alpha value is -1.99. The molecule has 0 atom stereocenters. The van der Waals surface area contributed by atoms with Gasteiger partial charge in [0.05, 0.1) is 23.8 Å². The Morgan fingerprint density at radius 2 is 1.65 bits per heavy atom. The van der Waals surface area contributed by atoms with Gasteiger partial charge in [-0.1, -0.05) is 12.1 Å². The quantitative estimate of drug-likeness (QED) is 0.769. The van der Waals surface area contributed by atoms with Crippen LogP contribution in [0.25, 0.3) is 0 Å². The van der Waals surface area contributed by atoms with Crippen LogP contribution < -0.4 is 14.9 Å². The molecule has 0 spiro atoms. The van der Waals surface area contributed by atoms with E-state index in [4.69, 9.17) is 18.8 Å². The number of aromatic nitrogens is 2. The summed E-state index contributed by atoms with van der Waals surface area (Å²) in [6.07, 6.45) is 0. The summed E-state index contributed by atoms with van der Waals surface area (Å²) in [5, 5.41) is 4.51. The van der Waals surface area contributed by atoms with Gasteiger partial charge in [-0.2, -0.15) is 0 Å². The van der Waals surface area contributed by atoms with Crippen molar-refractivity contribution in [3.05, 3.63) is 35.5 Å². The van der Waals surface area contributed by atoms with E-state index in [0.717, 1.165) is 22.5 Å². The maximum absolute atomic E-state index is 6.20. The van der Waals surface area contributed by atoms with Crippen LogP contribution >= 0.6 is 0 Å². The Kier molecular flexibility index (Phi) is 4.79. The molecule has 0 amide bonds. The molecule has 2 heterocycles. The SMILES string of the molecule is COc1ccc(COc2nn(C)c(C)c2B2OC(C)(C)C(C)(C)O2)cc1. The van der Waals surface area contributed by atoms with Crippen molar-refractivity contribution in [2.45, 2.75) is 52.4 Å². The van der Waals surface area contributed by atoms with Crippen molar-refractivity contribution in [2.24, 2.45) is 7.05 Å². The molecule has 0 unspecified atom stereocenters. The minimum Gasteiger partial charge on any atom is -0.497 e. The zero-order chi connectivity index (χ0) is 19.1. The molecule has 0 N–H and O–H groups in total. The summed E-state index contributed by atoms with van der Waals surface area (Å²) in [5.41, 5.74) is 2.03. The number of benzene rings is 1. The molecule has 140 valence electrons. The molecule has 3 rings (SSSR count). The van der Waals surface area contributed by atoms with Crippen LogP contribution in [0.3, 0.4) is 0 Å². The standard InChI is InChI=1S/C19H27BN2O4/c1-13-16(20-25-18(2,3)19(4,5)26-20)17(21-22(13)6)24-12-14-8-10-15(23-7)11-9-14/h8-11H,12H2,1-7H3. The zero-order valence-corrected chi connectivity index (χ0v) is 16.6. The van der Waals surface area contributed by atoms with Crippen molar-refractivity contribution in [1.82, 2.24) is 9.78 Å². The van der Waals surface area contributed by atoms with Crippen LogP contribution in [0.5, 0.6) is 11.6 Å². The fourth-order valence-corrected chi connectivity index (χ4v) is 2.81. The lowest BCUT2D eigenvalue weighted by atomic mass is 9.79. The van der Waals surface area contributed by atoms with Crippen molar-refractivity contribution in [3.8, 4) is 11.6 Å². The second kappa shape index (κ2) is 6.63. The molecule has 0 radical (unpaired) electrons. The third-order valence-electron chi connectivity index (χ3n) is 5.37. The Bertz CT molecular complexity index is 768. The molecular formula is C19H27BN2O4. The molecule has 0 bridgehead atoms. The molecule has 6 nitrogen and oxygen atoms in total. The topological polar surface area (TPSA) is 54.7 Å². The van der Waals surface area contributed by atoms with E-state index in [1.807, 2.05) is 65.9 Å². The summed E-state index contributed by atoms with van der Waals surface area (Å²) < 4.78 is 25.4. The molecule has 1 aliphatic rings. The van der Waals surface area contributed by atoms with Gasteiger partial charge in [0.1, 0.15) is 12.4 Å². The van der Waals surface area contributed by atoms with Gasteiger partial charge in [-0.15, -0.1) is 5.10 Å². The first-order chi connectivity index (χ1) is 12.1. The predicted octanol–water partition coefficient (Wildman–Crippen LogP) is 2.62. The number of rotatable bonds is 5. The minimum absolute atomic E-state index is 0.410. The van der Waals surface area contributed by atoms with Crippen molar-refractivity contribution >= 4 is 12.6 Å². The highest BCUT2D eigenvalue weighted by molar-refractivity contribution is 6.63. The first kappa shape index (κ1) is 18.8. The van der Waals surface area contributed by atoms with E-state index in [1.54, 1.807) is 11.8 Å². The summed E-state index contributed by atoms with van der Waals surface area (Å²) >= 11 is 0. The molecule has 26 heavy (non-hydrogen) atoms. The van der Waals surface area contributed by atoms with E-state index in [9.17, 15) is 0 Å². The van der Waals surface area contributed by atoms with Gasteiger partial charge in [-0.05, 0) is 52.3 Å². The van der Waals surface area contributed by atoms with Gasteiger partial charge in [-0.3, -0.25) is 4.68 Å². The minimum atomic E-state index is -0.500. The molecule has 1 aliphatic heterocycles. The van der Waals surface area contributed by atoms with E-state index in [0.29, 0.717) is 12.5 Å². The maximum atomic E-state index is 6.20. The smallest absolute Gasteiger partial charge is 0.497 e. The highest BCUT2D eigenvalue weighted by Crippen LogP contribution is 2.37. The summed E-state index contributed by atoms with van der Waals surface area (Å²) in [6.45, 7) is 10.6. The van der Waals surface area contributed by atoms with Gasteiger partial charge in [0, 0.05) is 12.7 Å². The third kappa shape index (κ3) is 3.33. The summed E-state index contributed by atoms with van der Waals surface area (Å²) in [5.74, 6) is 1.36. The molecular weight excluding hydrogens is 331 g/mol. The van der Waals surface area contributed by atoms with Crippen LogP contribution in [-0.2, 0) is 23.0 Å². The van der Waals surface area contributed by atoms with Crippen molar-refractivity contribution < 1.29 is 18.8 Å². The third-order valence-corrected chi connectivity index (χ3v) is 5.37. The van der Waals surface area contributed by atoms with Gasteiger partial charge >= 0.3 is 7.12 Å². The molecule has 1 saturated heterocycles. The van der Waals surface area contributed by atoms with Crippen LogP contribution in [0.15, 0.2) is 24.3 Å². The number of hydrogen-bond acceptors (Lipinski definition) is 5. The Labute approximate surface area is 155 Å². The van der Waals surface area contributed by atoms with Crippen molar-refractivity contribution in [2.75, 3.05) is 7.11 Å². The monoisotopic (exact) mass is 358 g/mol. The summed E-state index contributed by atoms with van der Waals surface area (Å²) in [7, 11) is 3.04. The lowest BCUT2D eigenvalue weighted by molar-refractivity contribution is 0.00578. The van der Waals surface area contributed by atoms with Gasteiger partial charge in [0.25, 0.3) is 0 Å². The first-order valence-electron chi connectivity index (χ1n) is 8.79. The van der Waals surface area contributed by atoms with E-state index in [1.165, 1.54) is 0 Å². The van der Waals surface area contributed by atoms with E-state index in [-0.39, 0.29) is 0 Å². The summed E-state index contributed by atoms with van der Waals surface area (Å²) in [6, 6.07) is 7.78. The Morgan fingerprint density at radius 3 is 2.19 bits per heavy atom. The van der Waals surface area contributed by atoms with Gasteiger partial charge in [0.2, 0.25) is 5.88 Å². The average Bonchev–Trinajstić information content (AvgIpc) is 2.98. The number of hydrogen-bond donors (Lipinski definition) is 0. The average molecular weight is 358 g/mol. The highest BCUT2D eigenvalue weighted by Gasteiger charge is 2.53. The van der Waals surface area contributed by atoms with Crippen molar-refractivity contribution in [3.63, 3.8) is 0 Å². The lowest BCUT2D eigenvalue weighted by Gasteiger charge is -2.32. The van der Waals surface area contributed by atoms with Crippen LogP contribution in [0.2, 0.25) is 0 Å². The van der Waals surface area contributed by atoms with Crippen LogP contribution in [-0.4, -0.2) is 35.2 Å². The fraction of sp³-hybridized carbons (Fsp3) is 0.526. The lowest BCUT2D eigenvalue weighted by Crippen LogP contribution is -2.41. The number of nitrogens with zero attached hydrogens (tertiary/aromatic N) is 2. The second-order valence-electron chi connectivity index (χ2n) is 7.65. The Balaban J connectivity index is 1.82. The summed E-state index contributed by atoms with van der Waals surface area (Å²) in [4.78, 5) is 0. The molecule has 0 saturated carbocycles. The van der Waals surface area contributed by atoms with E-state index < -0.39 is 18.3 Å². The highest BCUT2D eigenvalue weighted by atomic mass is 16.7. The van der Waals surface area contributed by atoms with Crippen LogP contribution in [0.4, 0.5) is 0 Å². The normalized spacial score (nSPS) is 18.2. The van der Waals surface area contributed by atoms with Crippen LogP contribution in [0.1, 0.15) is 39.0 Å². The first-order valence-corrected chi connectivity index (χ1v) is 8.79. The number of aryl methyl sites for hydroxylation is 1.